The molecule has 1 N–H and O–H groups in total. The van der Waals surface area contributed by atoms with E-state index in [-0.39, 0.29) is 23.6 Å². The van der Waals surface area contributed by atoms with E-state index in [0.29, 0.717) is 0 Å². The van der Waals surface area contributed by atoms with E-state index in [9.17, 15) is 14.7 Å². The molecule has 0 fully saturated rings. The van der Waals surface area contributed by atoms with Gasteiger partial charge in [-0.25, -0.2) is 0 Å². The fourth-order valence-electron chi connectivity index (χ4n) is 2.17. The van der Waals surface area contributed by atoms with Gasteiger partial charge in [0.05, 0.1) is 12.7 Å². The third-order valence-electron chi connectivity index (χ3n) is 3.32. The van der Waals surface area contributed by atoms with Crippen LogP contribution in [0.15, 0.2) is 24.3 Å². The number of ether oxygens (including phenoxy) is 2. The van der Waals surface area contributed by atoms with Crippen LogP contribution in [-0.4, -0.2) is 36.9 Å². The Balaban J connectivity index is 3.48. The standard InChI is InChI=1S/C15H19ClO5/c1-4-21-14(19)15(13(17)18,9-10(2)20-3)11-7-5-6-8-12(11)16/h5-8,10H,4,9H2,1-3H3,(H,17,18). The maximum Gasteiger partial charge on any atom is 0.328 e. The van der Waals surface area contributed by atoms with E-state index in [4.69, 9.17) is 21.1 Å². The highest BCUT2D eigenvalue weighted by Gasteiger charge is 2.51. The molecule has 0 aliphatic rings. The van der Waals surface area contributed by atoms with E-state index < -0.39 is 23.5 Å². The molecule has 0 radical (unpaired) electrons. The van der Waals surface area contributed by atoms with Crippen LogP contribution in [-0.2, 0) is 24.5 Å². The number of rotatable bonds is 7. The molecule has 116 valence electrons. The first-order valence-electron chi connectivity index (χ1n) is 6.58. The van der Waals surface area contributed by atoms with E-state index in [1.54, 1.807) is 32.0 Å². The number of hydrogen-bond donors (Lipinski definition) is 1. The van der Waals surface area contributed by atoms with Crippen molar-refractivity contribution in [1.82, 2.24) is 0 Å². The van der Waals surface area contributed by atoms with Gasteiger partial charge in [-0.05, 0) is 25.5 Å². The lowest BCUT2D eigenvalue weighted by Crippen LogP contribution is -2.47. The average molecular weight is 315 g/mol. The lowest BCUT2D eigenvalue weighted by Gasteiger charge is -2.30. The number of carbonyl (C=O) groups excluding carboxylic acids is 1. The molecule has 6 heteroatoms. The molecule has 0 heterocycles. The highest BCUT2D eigenvalue weighted by atomic mass is 35.5. The summed E-state index contributed by atoms with van der Waals surface area (Å²) in [5.41, 5.74) is -1.68. The molecule has 0 saturated heterocycles. The first-order valence-corrected chi connectivity index (χ1v) is 6.96. The smallest absolute Gasteiger partial charge is 0.328 e. The van der Waals surface area contributed by atoms with E-state index >= 15 is 0 Å². The van der Waals surface area contributed by atoms with Gasteiger partial charge in [0.1, 0.15) is 0 Å². The second-order valence-electron chi connectivity index (χ2n) is 4.66. The summed E-state index contributed by atoms with van der Waals surface area (Å²) in [6, 6.07) is 6.37. The van der Waals surface area contributed by atoms with Crippen LogP contribution in [0.2, 0.25) is 5.02 Å². The van der Waals surface area contributed by atoms with E-state index in [0.717, 1.165) is 0 Å². The highest BCUT2D eigenvalue weighted by molar-refractivity contribution is 6.32. The summed E-state index contributed by atoms with van der Waals surface area (Å²) in [5, 5.41) is 9.93. The molecule has 5 nitrogen and oxygen atoms in total. The van der Waals surface area contributed by atoms with Crippen LogP contribution in [0, 0.1) is 0 Å². The molecule has 0 aromatic heterocycles. The molecular weight excluding hydrogens is 296 g/mol. The van der Waals surface area contributed by atoms with Gasteiger partial charge in [-0.2, -0.15) is 0 Å². The Morgan fingerprint density at radius 3 is 2.48 bits per heavy atom. The molecule has 1 aromatic carbocycles. The van der Waals surface area contributed by atoms with Crippen molar-refractivity contribution in [2.45, 2.75) is 31.8 Å². The minimum absolute atomic E-state index is 0.0681. The molecule has 0 bridgehead atoms. The van der Waals surface area contributed by atoms with Crippen molar-refractivity contribution in [3.63, 3.8) is 0 Å². The average Bonchev–Trinajstić information content (AvgIpc) is 2.45. The maximum absolute atomic E-state index is 12.4. The van der Waals surface area contributed by atoms with Crippen LogP contribution >= 0.6 is 11.6 Å². The van der Waals surface area contributed by atoms with Crippen LogP contribution < -0.4 is 0 Å². The molecule has 0 aliphatic heterocycles. The molecule has 1 rings (SSSR count). The fourth-order valence-corrected chi connectivity index (χ4v) is 2.47. The van der Waals surface area contributed by atoms with Gasteiger partial charge in [0, 0.05) is 18.6 Å². The van der Waals surface area contributed by atoms with Gasteiger partial charge in [0.15, 0.2) is 5.41 Å². The Kier molecular flexibility index (Phi) is 6.18. The molecule has 2 atom stereocenters. The summed E-state index contributed by atoms with van der Waals surface area (Å²) in [4.78, 5) is 24.3. The second kappa shape index (κ2) is 7.43. The number of benzene rings is 1. The number of methoxy groups -OCH3 is 1. The van der Waals surface area contributed by atoms with Gasteiger partial charge in [-0.3, -0.25) is 9.59 Å². The number of esters is 1. The SMILES string of the molecule is CCOC(=O)C(CC(C)OC)(C(=O)O)c1ccccc1Cl. The topological polar surface area (TPSA) is 72.8 Å². The number of carbonyl (C=O) groups is 2. The van der Waals surface area contributed by atoms with Crippen molar-refractivity contribution >= 4 is 23.5 Å². The predicted molar refractivity (Wildman–Crippen MR) is 78.5 cm³/mol. The van der Waals surface area contributed by atoms with Crippen molar-refractivity contribution in [3.8, 4) is 0 Å². The Morgan fingerprint density at radius 1 is 1.38 bits per heavy atom. The fraction of sp³-hybridized carbons (Fsp3) is 0.467. The summed E-state index contributed by atoms with van der Waals surface area (Å²) >= 11 is 6.11. The predicted octanol–water partition coefficient (Wildman–Crippen LogP) is 2.65. The van der Waals surface area contributed by atoms with Crippen molar-refractivity contribution < 1.29 is 24.2 Å². The lowest BCUT2D eigenvalue weighted by atomic mass is 9.76. The van der Waals surface area contributed by atoms with Gasteiger partial charge < -0.3 is 14.6 Å². The molecule has 2 unspecified atom stereocenters. The quantitative estimate of drug-likeness (QED) is 0.618. The number of carboxylic acid groups (broad SMARTS) is 1. The summed E-state index contributed by atoms with van der Waals surface area (Å²) in [6.45, 7) is 3.39. The zero-order chi connectivity index (χ0) is 16.0. The first kappa shape index (κ1) is 17.5. The second-order valence-corrected chi connectivity index (χ2v) is 5.07. The van der Waals surface area contributed by atoms with Crippen LogP contribution in [0.25, 0.3) is 0 Å². The number of halogens is 1. The number of carboxylic acids is 1. The summed E-state index contributed by atoms with van der Waals surface area (Å²) in [7, 11) is 1.45. The van der Waals surface area contributed by atoms with Gasteiger partial charge in [0.25, 0.3) is 0 Å². The number of aliphatic carboxylic acids is 1. The summed E-state index contributed by atoms with van der Waals surface area (Å²) in [6.07, 6.45) is -0.525. The van der Waals surface area contributed by atoms with Crippen molar-refractivity contribution in [1.29, 1.82) is 0 Å². The van der Waals surface area contributed by atoms with Gasteiger partial charge in [-0.1, -0.05) is 29.8 Å². The molecule has 1 aromatic rings. The third-order valence-corrected chi connectivity index (χ3v) is 3.65. The summed E-state index contributed by atoms with van der Waals surface area (Å²) < 4.78 is 10.1. The van der Waals surface area contributed by atoms with Crippen LogP contribution in [0.5, 0.6) is 0 Å². The number of hydrogen-bond acceptors (Lipinski definition) is 4. The van der Waals surface area contributed by atoms with Crippen molar-refractivity contribution in [2.75, 3.05) is 13.7 Å². The van der Waals surface area contributed by atoms with E-state index in [1.165, 1.54) is 13.2 Å². The molecule has 21 heavy (non-hydrogen) atoms. The van der Waals surface area contributed by atoms with Crippen molar-refractivity contribution in [2.24, 2.45) is 0 Å². The molecule has 0 aliphatic carbocycles. The maximum atomic E-state index is 12.4. The Hall–Kier alpha value is -1.59. The van der Waals surface area contributed by atoms with Crippen LogP contribution in [0.4, 0.5) is 0 Å². The molecule has 0 amide bonds. The molecular formula is C15H19ClO5. The zero-order valence-corrected chi connectivity index (χ0v) is 13.0. The van der Waals surface area contributed by atoms with Crippen molar-refractivity contribution in [3.05, 3.63) is 34.9 Å². The first-order chi connectivity index (χ1) is 9.90. The van der Waals surface area contributed by atoms with E-state index in [2.05, 4.69) is 0 Å². The molecule has 0 saturated carbocycles. The molecule has 0 spiro atoms. The minimum Gasteiger partial charge on any atom is -0.480 e. The lowest BCUT2D eigenvalue weighted by molar-refractivity contribution is -0.163. The zero-order valence-electron chi connectivity index (χ0n) is 12.3. The Morgan fingerprint density at radius 2 is 2.00 bits per heavy atom. The Labute approximate surface area is 128 Å². The van der Waals surface area contributed by atoms with Gasteiger partial charge >= 0.3 is 11.9 Å². The summed E-state index contributed by atoms with van der Waals surface area (Å²) in [5.74, 6) is -2.15. The normalized spacial score (nSPS) is 15.0. The largest absolute Gasteiger partial charge is 0.480 e. The van der Waals surface area contributed by atoms with Crippen LogP contribution in [0.3, 0.4) is 0 Å². The minimum atomic E-state index is -1.89. The Bertz CT molecular complexity index is 517. The van der Waals surface area contributed by atoms with Gasteiger partial charge in [-0.15, -0.1) is 0 Å². The van der Waals surface area contributed by atoms with Gasteiger partial charge in [0.2, 0.25) is 0 Å². The van der Waals surface area contributed by atoms with Crippen LogP contribution in [0.1, 0.15) is 25.8 Å². The van der Waals surface area contributed by atoms with E-state index in [1.807, 2.05) is 0 Å². The third kappa shape index (κ3) is 3.54. The highest BCUT2D eigenvalue weighted by Crippen LogP contribution is 2.36. The monoisotopic (exact) mass is 314 g/mol.